The SMILES string of the molecule is Cc1sc2c(Br)c3ccccc3c(-c3ccc(O)c(N(O)O)c3)c2c1C. The minimum atomic E-state index is -0.199. The van der Waals surface area contributed by atoms with Gasteiger partial charge >= 0.3 is 0 Å². The minimum absolute atomic E-state index is 0.0528. The average Bonchev–Trinajstić information content (AvgIpc) is 2.92. The molecule has 26 heavy (non-hydrogen) atoms. The number of anilines is 1. The van der Waals surface area contributed by atoms with Gasteiger partial charge in [-0.15, -0.1) is 16.6 Å². The van der Waals surface area contributed by atoms with Crippen molar-refractivity contribution in [3.05, 3.63) is 57.4 Å². The molecule has 1 heterocycles. The zero-order valence-corrected chi connectivity index (χ0v) is 16.5. The second-order valence-corrected chi connectivity index (χ2v) is 8.23. The molecule has 0 spiro atoms. The number of hydrogen-bond acceptors (Lipinski definition) is 5. The zero-order chi connectivity index (χ0) is 18.6. The molecule has 4 rings (SSSR count). The third-order valence-corrected chi connectivity index (χ3v) is 7.06. The summed E-state index contributed by atoms with van der Waals surface area (Å²) in [5.74, 6) is -0.199. The maximum Gasteiger partial charge on any atom is 0.144 e. The average molecular weight is 430 g/mol. The van der Waals surface area contributed by atoms with Crippen LogP contribution in [0.2, 0.25) is 0 Å². The first kappa shape index (κ1) is 17.3. The summed E-state index contributed by atoms with van der Waals surface area (Å²) < 4.78 is 2.23. The summed E-state index contributed by atoms with van der Waals surface area (Å²) in [5, 5.41) is 32.0. The quantitative estimate of drug-likeness (QED) is 0.323. The monoisotopic (exact) mass is 429 g/mol. The van der Waals surface area contributed by atoms with E-state index in [-0.39, 0.29) is 16.7 Å². The number of thiophene rings is 1. The van der Waals surface area contributed by atoms with Gasteiger partial charge in [-0.3, -0.25) is 10.4 Å². The van der Waals surface area contributed by atoms with Gasteiger partial charge in [0.1, 0.15) is 11.4 Å². The molecule has 1 aromatic heterocycles. The van der Waals surface area contributed by atoms with Crippen LogP contribution in [0.4, 0.5) is 5.69 Å². The van der Waals surface area contributed by atoms with Gasteiger partial charge in [0.05, 0.1) is 4.70 Å². The molecule has 3 N–H and O–H groups in total. The second kappa shape index (κ2) is 6.25. The van der Waals surface area contributed by atoms with Gasteiger partial charge in [0, 0.05) is 14.7 Å². The number of rotatable bonds is 2. The standard InChI is InChI=1S/C20H16BrNO3S/c1-10-11(2)26-20-17(10)18(13-5-3-4-6-14(13)19(20)21)12-7-8-16(23)15(9-12)22(24)25/h3-9,23-25H,1-2H3. The highest BCUT2D eigenvalue weighted by Gasteiger charge is 2.20. The predicted octanol–water partition coefficient (Wildman–Crippen LogP) is 6.39. The Morgan fingerprint density at radius 3 is 2.38 bits per heavy atom. The molecule has 0 aliphatic heterocycles. The molecular formula is C20H16BrNO3S. The van der Waals surface area contributed by atoms with Crippen LogP contribution in [0, 0.1) is 13.8 Å². The maximum absolute atomic E-state index is 9.91. The van der Waals surface area contributed by atoms with Crippen molar-refractivity contribution < 1.29 is 15.5 Å². The van der Waals surface area contributed by atoms with E-state index in [4.69, 9.17) is 0 Å². The molecule has 0 saturated carbocycles. The number of benzene rings is 3. The van der Waals surface area contributed by atoms with Crippen molar-refractivity contribution in [1.82, 2.24) is 0 Å². The number of phenols is 1. The van der Waals surface area contributed by atoms with Crippen LogP contribution in [-0.4, -0.2) is 15.5 Å². The lowest BCUT2D eigenvalue weighted by Crippen LogP contribution is -2.11. The molecule has 0 unspecified atom stereocenters. The maximum atomic E-state index is 9.91. The topological polar surface area (TPSA) is 63.9 Å². The first-order chi connectivity index (χ1) is 12.4. The number of aryl methyl sites for hydroxylation is 2. The Kier molecular flexibility index (Phi) is 4.16. The fourth-order valence-corrected chi connectivity index (χ4v) is 5.28. The normalized spacial score (nSPS) is 11.4. The Labute approximate surface area is 162 Å². The molecule has 0 radical (unpaired) electrons. The minimum Gasteiger partial charge on any atom is -0.506 e. The smallest absolute Gasteiger partial charge is 0.144 e. The largest absolute Gasteiger partial charge is 0.506 e. The molecular weight excluding hydrogens is 414 g/mol. The van der Waals surface area contributed by atoms with Gasteiger partial charge in [-0.05, 0) is 69.4 Å². The van der Waals surface area contributed by atoms with E-state index in [2.05, 4.69) is 41.9 Å². The Bertz CT molecular complexity index is 1170. The summed E-state index contributed by atoms with van der Waals surface area (Å²) in [6.45, 7) is 4.21. The molecule has 0 bridgehead atoms. The Balaban J connectivity index is 2.21. The Morgan fingerprint density at radius 1 is 1.00 bits per heavy atom. The molecule has 132 valence electrons. The third-order valence-electron chi connectivity index (χ3n) is 4.75. The lowest BCUT2D eigenvalue weighted by atomic mass is 9.92. The molecule has 3 aromatic carbocycles. The van der Waals surface area contributed by atoms with Crippen LogP contribution in [0.1, 0.15) is 10.4 Å². The molecule has 4 aromatic rings. The van der Waals surface area contributed by atoms with Crippen molar-refractivity contribution >= 4 is 53.8 Å². The first-order valence-electron chi connectivity index (χ1n) is 8.01. The summed E-state index contributed by atoms with van der Waals surface area (Å²) in [6.07, 6.45) is 0. The summed E-state index contributed by atoms with van der Waals surface area (Å²) in [7, 11) is 0. The molecule has 0 amide bonds. The van der Waals surface area contributed by atoms with Gasteiger partial charge < -0.3 is 5.11 Å². The number of hydrogen-bond donors (Lipinski definition) is 3. The molecule has 6 heteroatoms. The fraction of sp³-hybridized carbons (Fsp3) is 0.100. The lowest BCUT2D eigenvalue weighted by Gasteiger charge is -2.15. The first-order valence-corrected chi connectivity index (χ1v) is 9.62. The van der Waals surface area contributed by atoms with E-state index in [1.807, 2.05) is 12.1 Å². The molecule has 0 aliphatic rings. The van der Waals surface area contributed by atoms with Crippen molar-refractivity contribution in [2.75, 3.05) is 5.23 Å². The molecule has 0 saturated heterocycles. The van der Waals surface area contributed by atoms with Gasteiger partial charge in [-0.1, -0.05) is 30.3 Å². The number of aromatic hydroxyl groups is 1. The van der Waals surface area contributed by atoms with Crippen LogP contribution in [0.3, 0.4) is 0 Å². The lowest BCUT2D eigenvalue weighted by molar-refractivity contribution is 0.0280. The Hall–Kier alpha value is -2.12. The van der Waals surface area contributed by atoms with E-state index >= 15 is 0 Å². The van der Waals surface area contributed by atoms with E-state index in [1.165, 1.54) is 16.5 Å². The van der Waals surface area contributed by atoms with Crippen molar-refractivity contribution in [3.8, 4) is 16.9 Å². The zero-order valence-electron chi connectivity index (χ0n) is 14.1. The van der Waals surface area contributed by atoms with E-state index in [1.54, 1.807) is 23.5 Å². The highest BCUT2D eigenvalue weighted by molar-refractivity contribution is 9.11. The number of nitrogens with zero attached hydrogens (tertiary/aromatic N) is 1. The summed E-state index contributed by atoms with van der Waals surface area (Å²) in [6, 6.07) is 13.0. The van der Waals surface area contributed by atoms with E-state index in [9.17, 15) is 15.5 Å². The highest BCUT2D eigenvalue weighted by atomic mass is 79.9. The third kappa shape index (κ3) is 2.49. The van der Waals surface area contributed by atoms with Gasteiger partial charge in [-0.25, -0.2) is 0 Å². The van der Waals surface area contributed by atoms with Gasteiger partial charge in [0.2, 0.25) is 0 Å². The van der Waals surface area contributed by atoms with Crippen LogP contribution in [0.5, 0.6) is 5.75 Å². The van der Waals surface area contributed by atoms with Crippen molar-refractivity contribution in [3.63, 3.8) is 0 Å². The summed E-state index contributed by atoms with van der Waals surface area (Å²) >= 11 is 5.51. The van der Waals surface area contributed by atoms with Crippen LogP contribution in [0.15, 0.2) is 46.9 Å². The molecule has 0 fully saturated rings. The van der Waals surface area contributed by atoms with Crippen molar-refractivity contribution in [2.24, 2.45) is 0 Å². The number of phenolic OH excluding ortho intramolecular Hbond substituents is 1. The number of halogens is 1. The van der Waals surface area contributed by atoms with Gasteiger partial charge in [0.25, 0.3) is 0 Å². The van der Waals surface area contributed by atoms with E-state index in [0.717, 1.165) is 36.5 Å². The van der Waals surface area contributed by atoms with Gasteiger partial charge in [-0.2, -0.15) is 0 Å². The second-order valence-electron chi connectivity index (χ2n) is 6.21. The highest BCUT2D eigenvalue weighted by Crippen LogP contribution is 2.47. The Morgan fingerprint density at radius 2 is 1.69 bits per heavy atom. The summed E-state index contributed by atoms with van der Waals surface area (Å²) in [5.41, 5.74) is 2.96. The number of fused-ring (bicyclic) bond motifs is 2. The predicted molar refractivity (Wildman–Crippen MR) is 110 cm³/mol. The molecule has 4 nitrogen and oxygen atoms in total. The van der Waals surface area contributed by atoms with E-state index in [0.29, 0.717) is 0 Å². The molecule has 0 aliphatic carbocycles. The van der Waals surface area contributed by atoms with Crippen LogP contribution in [-0.2, 0) is 0 Å². The molecule has 0 atom stereocenters. The van der Waals surface area contributed by atoms with Crippen molar-refractivity contribution in [1.29, 1.82) is 0 Å². The van der Waals surface area contributed by atoms with Crippen LogP contribution < -0.4 is 5.23 Å². The van der Waals surface area contributed by atoms with Gasteiger partial charge in [0.15, 0.2) is 0 Å². The van der Waals surface area contributed by atoms with E-state index < -0.39 is 0 Å². The fourth-order valence-electron chi connectivity index (χ4n) is 3.37. The van der Waals surface area contributed by atoms with Crippen molar-refractivity contribution in [2.45, 2.75) is 13.8 Å². The summed E-state index contributed by atoms with van der Waals surface area (Å²) in [4.78, 5) is 1.24. The van der Waals surface area contributed by atoms with Crippen LogP contribution in [0.25, 0.3) is 32.0 Å². The van der Waals surface area contributed by atoms with Crippen LogP contribution >= 0.6 is 27.3 Å².